The fraction of sp³-hybridized carbons (Fsp3) is 0.750. The van der Waals surface area contributed by atoms with Crippen LogP contribution in [-0.2, 0) is 28.7 Å². The number of ether oxygens (including phenoxy) is 2. The Labute approximate surface area is 146 Å². The molecule has 1 saturated heterocycles. The third kappa shape index (κ3) is 9.04. The molecule has 9 heteroatoms. The fourth-order valence-electron chi connectivity index (χ4n) is 1.92. The zero-order valence-corrected chi connectivity index (χ0v) is 15.0. The Morgan fingerprint density at radius 1 is 1.08 bits per heavy atom. The van der Waals surface area contributed by atoms with E-state index in [2.05, 4.69) is 5.32 Å². The van der Waals surface area contributed by atoms with Gasteiger partial charge in [-0.15, -0.1) is 5.06 Å². The van der Waals surface area contributed by atoms with Crippen LogP contribution in [0.2, 0.25) is 0 Å². The molecule has 1 fully saturated rings. The van der Waals surface area contributed by atoms with Gasteiger partial charge in [0.1, 0.15) is 5.60 Å². The Morgan fingerprint density at radius 3 is 2.32 bits per heavy atom. The molecule has 9 nitrogen and oxygen atoms in total. The van der Waals surface area contributed by atoms with E-state index in [1.807, 2.05) is 0 Å². The van der Waals surface area contributed by atoms with E-state index >= 15 is 0 Å². The van der Waals surface area contributed by atoms with Crippen molar-refractivity contribution in [3.8, 4) is 0 Å². The molecular weight excluding hydrogens is 332 g/mol. The number of unbranched alkanes of at least 4 members (excludes halogenated alkanes) is 1. The summed E-state index contributed by atoms with van der Waals surface area (Å²) in [7, 11) is 0. The second-order valence-corrected chi connectivity index (χ2v) is 6.54. The molecule has 0 unspecified atom stereocenters. The van der Waals surface area contributed by atoms with Gasteiger partial charge in [-0.1, -0.05) is 0 Å². The maximum Gasteiger partial charge on any atom is 0.407 e. The van der Waals surface area contributed by atoms with Crippen LogP contribution in [-0.4, -0.2) is 54.3 Å². The van der Waals surface area contributed by atoms with Crippen molar-refractivity contribution < 1.29 is 33.5 Å². The molecule has 0 aromatic carbocycles. The Bertz CT molecular complexity index is 483. The molecule has 0 bridgehead atoms. The molecule has 142 valence electrons. The van der Waals surface area contributed by atoms with Crippen molar-refractivity contribution in [3.63, 3.8) is 0 Å². The average Bonchev–Trinajstić information content (AvgIpc) is 2.80. The van der Waals surface area contributed by atoms with Crippen LogP contribution in [0.1, 0.15) is 52.9 Å². The van der Waals surface area contributed by atoms with Crippen LogP contribution in [0.15, 0.2) is 0 Å². The second-order valence-electron chi connectivity index (χ2n) is 6.54. The number of nitrogens with one attached hydrogen (secondary N) is 1. The predicted molar refractivity (Wildman–Crippen MR) is 86.1 cm³/mol. The van der Waals surface area contributed by atoms with Crippen molar-refractivity contribution >= 4 is 23.9 Å². The number of hydroxylamine groups is 2. The summed E-state index contributed by atoms with van der Waals surface area (Å²) in [6, 6.07) is 0. The minimum absolute atomic E-state index is 0.0806. The number of carbonyl (C=O) groups is 4. The lowest BCUT2D eigenvalue weighted by atomic mass is 10.2. The van der Waals surface area contributed by atoms with Crippen molar-refractivity contribution in [1.29, 1.82) is 0 Å². The summed E-state index contributed by atoms with van der Waals surface area (Å²) in [6.45, 7) is 6.43. The summed E-state index contributed by atoms with van der Waals surface area (Å²) >= 11 is 0. The maximum absolute atomic E-state index is 11.5. The second kappa shape index (κ2) is 9.97. The monoisotopic (exact) mass is 358 g/mol. The Kier molecular flexibility index (Phi) is 8.33. The SMILES string of the molecule is CC(C)(C)OC(=O)NCCOCCCCC(=O)ON1C(=O)CCC1=O. The summed E-state index contributed by atoms with van der Waals surface area (Å²) in [5.74, 6) is -1.59. The zero-order chi connectivity index (χ0) is 18.9. The number of amides is 3. The standard InChI is InChI=1S/C16H26N2O7/c1-16(2,3)24-15(22)17-9-11-23-10-5-4-6-14(21)25-18-12(19)7-8-13(18)20/h4-11H2,1-3H3,(H,17,22). The number of imide groups is 1. The van der Waals surface area contributed by atoms with Crippen LogP contribution in [0.3, 0.4) is 0 Å². The summed E-state index contributed by atoms with van der Waals surface area (Å²) in [5.41, 5.74) is -0.538. The third-order valence-corrected chi connectivity index (χ3v) is 3.03. The van der Waals surface area contributed by atoms with Crippen LogP contribution in [0.4, 0.5) is 4.79 Å². The van der Waals surface area contributed by atoms with Gasteiger partial charge in [0.2, 0.25) is 0 Å². The first-order valence-corrected chi connectivity index (χ1v) is 8.30. The number of alkyl carbamates (subject to hydrolysis) is 1. The molecular formula is C16H26N2O7. The molecule has 1 N–H and O–H groups in total. The van der Waals surface area contributed by atoms with Gasteiger partial charge in [-0.25, -0.2) is 9.59 Å². The maximum atomic E-state index is 11.5. The van der Waals surface area contributed by atoms with Crippen LogP contribution in [0.5, 0.6) is 0 Å². The molecule has 0 spiro atoms. The number of carbonyl (C=O) groups excluding carboxylic acids is 4. The molecule has 3 amide bonds. The first-order valence-electron chi connectivity index (χ1n) is 8.30. The van der Waals surface area contributed by atoms with Crippen molar-refractivity contribution in [2.24, 2.45) is 0 Å². The third-order valence-electron chi connectivity index (χ3n) is 3.03. The summed E-state index contributed by atoms with van der Waals surface area (Å²) < 4.78 is 10.4. The molecule has 0 radical (unpaired) electrons. The average molecular weight is 358 g/mol. The summed E-state index contributed by atoms with van der Waals surface area (Å²) in [6.07, 6.45) is 0.883. The smallest absolute Gasteiger partial charge is 0.407 e. The van der Waals surface area contributed by atoms with Gasteiger partial charge in [-0.2, -0.15) is 0 Å². The first kappa shape index (κ1) is 20.9. The number of hydrogen-bond acceptors (Lipinski definition) is 7. The normalized spacial score (nSPS) is 14.6. The fourth-order valence-corrected chi connectivity index (χ4v) is 1.92. The Balaban J connectivity index is 1.98. The highest BCUT2D eigenvalue weighted by molar-refractivity contribution is 6.01. The van der Waals surface area contributed by atoms with E-state index in [0.717, 1.165) is 0 Å². The lowest BCUT2D eigenvalue weighted by Gasteiger charge is -2.19. The molecule has 0 aromatic rings. The molecule has 25 heavy (non-hydrogen) atoms. The van der Waals surface area contributed by atoms with E-state index in [1.54, 1.807) is 20.8 Å². The van der Waals surface area contributed by atoms with Gasteiger partial charge >= 0.3 is 12.1 Å². The lowest BCUT2D eigenvalue weighted by Crippen LogP contribution is -2.34. The highest BCUT2D eigenvalue weighted by atomic mass is 16.7. The molecule has 1 aliphatic heterocycles. The highest BCUT2D eigenvalue weighted by Gasteiger charge is 2.32. The number of nitrogens with zero attached hydrogens (tertiary/aromatic N) is 1. The predicted octanol–water partition coefficient (Wildman–Crippen LogP) is 1.31. The number of hydrogen-bond donors (Lipinski definition) is 1. The van der Waals surface area contributed by atoms with Crippen LogP contribution < -0.4 is 5.32 Å². The molecule has 0 aromatic heterocycles. The van der Waals surface area contributed by atoms with Crippen molar-refractivity contribution in [2.75, 3.05) is 19.8 Å². The van der Waals surface area contributed by atoms with Crippen LogP contribution in [0, 0.1) is 0 Å². The molecule has 1 rings (SSSR count). The van der Waals surface area contributed by atoms with Crippen LogP contribution in [0.25, 0.3) is 0 Å². The van der Waals surface area contributed by atoms with Gasteiger partial charge in [-0.05, 0) is 33.6 Å². The van der Waals surface area contributed by atoms with Gasteiger partial charge in [-0.3, -0.25) is 9.59 Å². The quantitative estimate of drug-likeness (QED) is 0.488. The van der Waals surface area contributed by atoms with Gasteiger partial charge in [0.05, 0.1) is 6.61 Å². The first-order chi connectivity index (χ1) is 11.7. The minimum atomic E-state index is -0.616. The van der Waals surface area contributed by atoms with E-state index in [1.165, 1.54) is 0 Å². The largest absolute Gasteiger partial charge is 0.444 e. The molecule has 0 saturated carbocycles. The number of rotatable bonds is 9. The van der Waals surface area contributed by atoms with Gasteiger partial charge in [0.15, 0.2) is 0 Å². The molecule has 1 aliphatic rings. The molecule has 1 heterocycles. The lowest BCUT2D eigenvalue weighted by molar-refractivity contribution is -0.197. The topological polar surface area (TPSA) is 111 Å². The Hall–Kier alpha value is -2.16. The van der Waals surface area contributed by atoms with E-state index in [9.17, 15) is 19.2 Å². The van der Waals surface area contributed by atoms with Crippen LogP contribution >= 0.6 is 0 Å². The summed E-state index contributed by atoms with van der Waals surface area (Å²) in [5, 5.41) is 3.11. The summed E-state index contributed by atoms with van der Waals surface area (Å²) in [4.78, 5) is 50.2. The van der Waals surface area contributed by atoms with Crippen molar-refractivity contribution in [2.45, 2.75) is 58.5 Å². The van der Waals surface area contributed by atoms with E-state index in [0.29, 0.717) is 37.7 Å². The Morgan fingerprint density at radius 2 is 1.72 bits per heavy atom. The molecule has 0 atom stereocenters. The van der Waals surface area contributed by atoms with Crippen molar-refractivity contribution in [1.82, 2.24) is 10.4 Å². The molecule has 0 aliphatic carbocycles. The van der Waals surface area contributed by atoms with Gasteiger partial charge < -0.3 is 19.6 Å². The van der Waals surface area contributed by atoms with Gasteiger partial charge in [0, 0.05) is 32.4 Å². The highest BCUT2D eigenvalue weighted by Crippen LogP contribution is 2.13. The minimum Gasteiger partial charge on any atom is -0.444 e. The zero-order valence-electron chi connectivity index (χ0n) is 15.0. The van der Waals surface area contributed by atoms with Crippen molar-refractivity contribution in [3.05, 3.63) is 0 Å². The van der Waals surface area contributed by atoms with E-state index < -0.39 is 29.5 Å². The van der Waals surface area contributed by atoms with Gasteiger partial charge in [0.25, 0.3) is 11.8 Å². The van der Waals surface area contributed by atoms with E-state index in [-0.39, 0.29) is 19.3 Å². The van der Waals surface area contributed by atoms with E-state index in [4.69, 9.17) is 14.3 Å².